The van der Waals surface area contributed by atoms with Crippen LogP contribution in [0, 0.1) is 5.92 Å². The predicted molar refractivity (Wildman–Crippen MR) is 109 cm³/mol. The number of Topliss-reactive ketones (excluding diaryl/α,β-unsaturated/α-hetero) is 1. The van der Waals surface area contributed by atoms with Crippen LogP contribution in [0.2, 0.25) is 5.02 Å². The molecule has 3 aromatic rings. The zero-order chi connectivity index (χ0) is 19.3. The molecule has 0 bridgehead atoms. The first kappa shape index (κ1) is 18.2. The number of benzene rings is 1. The van der Waals surface area contributed by atoms with Crippen molar-refractivity contribution in [3.8, 4) is 0 Å². The Morgan fingerprint density at radius 2 is 2.11 bits per heavy atom. The van der Waals surface area contributed by atoms with Gasteiger partial charge in [0.15, 0.2) is 16.7 Å². The Balaban J connectivity index is 1.88. The summed E-state index contributed by atoms with van der Waals surface area (Å²) in [6.07, 6.45) is 0. The van der Waals surface area contributed by atoms with E-state index >= 15 is 0 Å². The molecule has 1 amide bonds. The number of ketones is 1. The van der Waals surface area contributed by atoms with Crippen LogP contribution in [0.25, 0.3) is 10.2 Å². The van der Waals surface area contributed by atoms with Crippen LogP contribution in [0.1, 0.15) is 24.8 Å². The second-order valence-electron chi connectivity index (χ2n) is 6.48. The molecular formula is C19H15ClN2O3S2. The van der Waals surface area contributed by atoms with E-state index in [1.165, 1.54) is 27.6 Å². The van der Waals surface area contributed by atoms with Crippen molar-refractivity contribution < 1.29 is 14.7 Å². The molecule has 1 aliphatic heterocycles. The zero-order valence-corrected chi connectivity index (χ0v) is 16.9. The van der Waals surface area contributed by atoms with Crippen LogP contribution >= 0.6 is 34.3 Å². The maximum atomic E-state index is 12.9. The summed E-state index contributed by atoms with van der Waals surface area (Å²) in [5.41, 5.74) is 0.843. The van der Waals surface area contributed by atoms with E-state index in [1.807, 2.05) is 17.5 Å². The van der Waals surface area contributed by atoms with Crippen molar-refractivity contribution in [1.29, 1.82) is 0 Å². The lowest BCUT2D eigenvalue weighted by Crippen LogP contribution is -2.30. The lowest BCUT2D eigenvalue weighted by molar-refractivity contribution is -0.119. The molecule has 138 valence electrons. The van der Waals surface area contributed by atoms with Gasteiger partial charge in [0, 0.05) is 15.8 Å². The monoisotopic (exact) mass is 418 g/mol. The summed E-state index contributed by atoms with van der Waals surface area (Å²) in [7, 11) is 0. The molecule has 1 N–H and O–H groups in total. The van der Waals surface area contributed by atoms with E-state index in [-0.39, 0.29) is 17.3 Å². The van der Waals surface area contributed by atoms with Crippen molar-refractivity contribution in [2.24, 2.45) is 5.92 Å². The number of thiophene rings is 1. The highest BCUT2D eigenvalue weighted by Gasteiger charge is 2.46. The van der Waals surface area contributed by atoms with Gasteiger partial charge in [-0.05, 0) is 29.6 Å². The van der Waals surface area contributed by atoms with Crippen molar-refractivity contribution in [2.75, 3.05) is 4.90 Å². The van der Waals surface area contributed by atoms with E-state index in [0.29, 0.717) is 15.7 Å². The van der Waals surface area contributed by atoms with E-state index in [4.69, 9.17) is 11.6 Å². The van der Waals surface area contributed by atoms with Crippen molar-refractivity contribution in [1.82, 2.24) is 4.98 Å². The van der Waals surface area contributed by atoms with Gasteiger partial charge in [-0.15, -0.1) is 11.3 Å². The highest BCUT2D eigenvalue weighted by Crippen LogP contribution is 2.45. The van der Waals surface area contributed by atoms with E-state index in [2.05, 4.69) is 4.98 Å². The minimum atomic E-state index is -0.677. The quantitative estimate of drug-likeness (QED) is 0.637. The molecule has 0 spiro atoms. The highest BCUT2D eigenvalue weighted by atomic mass is 35.5. The van der Waals surface area contributed by atoms with E-state index < -0.39 is 17.7 Å². The van der Waals surface area contributed by atoms with E-state index in [9.17, 15) is 14.7 Å². The highest BCUT2D eigenvalue weighted by molar-refractivity contribution is 7.22. The van der Waals surface area contributed by atoms with Crippen LogP contribution in [-0.4, -0.2) is 21.8 Å². The third-order valence-electron chi connectivity index (χ3n) is 4.36. The molecule has 8 heteroatoms. The number of halogens is 1. The number of aliphatic hydroxyl groups is 1. The molecule has 0 saturated carbocycles. The normalized spacial score (nSPS) is 17.6. The molecule has 5 nitrogen and oxygen atoms in total. The maximum Gasteiger partial charge on any atom is 0.296 e. The van der Waals surface area contributed by atoms with Gasteiger partial charge in [-0.3, -0.25) is 14.5 Å². The average Bonchev–Trinajstić information content (AvgIpc) is 3.33. The standard InChI is InChI=1S/C19H15ClN2O3S2/c1-9(2)16(23)14-15(12-4-3-7-26-12)22(18(25)17(14)24)19-21-11-6-5-10(20)8-13(11)27-19/h3-9,15,24H,1-2H3. The first-order valence-electron chi connectivity index (χ1n) is 8.29. The van der Waals surface area contributed by atoms with E-state index in [1.54, 1.807) is 32.0 Å². The summed E-state index contributed by atoms with van der Waals surface area (Å²) >= 11 is 8.79. The fraction of sp³-hybridized carbons (Fsp3) is 0.211. The third kappa shape index (κ3) is 2.96. The van der Waals surface area contributed by atoms with Gasteiger partial charge in [-0.25, -0.2) is 4.98 Å². The number of fused-ring (bicyclic) bond motifs is 1. The second kappa shape index (κ2) is 6.74. The number of carbonyl (C=O) groups is 2. The molecule has 1 unspecified atom stereocenters. The van der Waals surface area contributed by atoms with Crippen LogP contribution in [0.3, 0.4) is 0 Å². The zero-order valence-electron chi connectivity index (χ0n) is 14.5. The van der Waals surface area contributed by atoms with Crippen molar-refractivity contribution in [2.45, 2.75) is 19.9 Å². The van der Waals surface area contributed by atoms with Gasteiger partial charge in [0.2, 0.25) is 0 Å². The molecular weight excluding hydrogens is 404 g/mol. The third-order valence-corrected chi connectivity index (χ3v) is 6.53. The number of hydrogen-bond acceptors (Lipinski definition) is 6. The smallest absolute Gasteiger partial charge is 0.296 e. The number of aliphatic hydroxyl groups excluding tert-OH is 1. The van der Waals surface area contributed by atoms with Gasteiger partial charge in [0.05, 0.1) is 15.8 Å². The largest absolute Gasteiger partial charge is 0.503 e. The Morgan fingerprint density at radius 1 is 1.33 bits per heavy atom. The summed E-state index contributed by atoms with van der Waals surface area (Å²) < 4.78 is 0.832. The topological polar surface area (TPSA) is 70.5 Å². The molecule has 3 heterocycles. The van der Waals surface area contributed by atoms with Gasteiger partial charge in [-0.2, -0.15) is 0 Å². The molecule has 1 aromatic carbocycles. The Kier molecular flexibility index (Phi) is 4.53. The summed E-state index contributed by atoms with van der Waals surface area (Å²) in [5.74, 6) is -1.69. The van der Waals surface area contributed by atoms with Gasteiger partial charge >= 0.3 is 0 Å². The van der Waals surface area contributed by atoms with E-state index in [0.717, 1.165) is 9.58 Å². The fourth-order valence-electron chi connectivity index (χ4n) is 3.07. The maximum absolute atomic E-state index is 12.9. The first-order chi connectivity index (χ1) is 12.9. The number of anilines is 1. The number of hydrogen-bond donors (Lipinski definition) is 1. The number of nitrogens with zero attached hydrogens (tertiary/aromatic N) is 2. The first-order valence-corrected chi connectivity index (χ1v) is 10.4. The van der Waals surface area contributed by atoms with Gasteiger partial charge in [0.25, 0.3) is 5.91 Å². The van der Waals surface area contributed by atoms with Crippen LogP contribution in [0.15, 0.2) is 47.0 Å². The molecule has 0 fully saturated rings. The van der Waals surface area contributed by atoms with Gasteiger partial charge < -0.3 is 5.11 Å². The second-order valence-corrected chi connectivity index (χ2v) is 8.91. The summed E-state index contributed by atoms with van der Waals surface area (Å²) in [4.78, 5) is 32.4. The minimum absolute atomic E-state index is 0.134. The SMILES string of the molecule is CC(C)C(=O)C1=C(O)C(=O)N(c2nc3ccc(Cl)cc3s2)C1c1cccs1. The summed E-state index contributed by atoms with van der Waals surface area (Å²) in [6.45, 7) is 3.50. The number of amides is 1. The van der Waals surface area contributed by atoms with Gasteiger partial charge in [-0.1, -0.05) is 42.9 Å². The van der Waals surface area contributed by atoms with Crippen molar-refractivity contribution in [3.63, 3.8) is 0 Å². The Bertz CT molecular complexity index is 1090. The number of aromatic nitrogens is 1. The predicted octanol–water partition coefficient (Wildman–Crippen LogP) is 5.14. The molecule has 1 atom stereocenters. The molecule has 0 aliphatic carbocycles. The fourth-order valence-corrected chi connectivity index (χ4v) is 5.16. The lowest BCUT2D eigenvalue weighted by Gasteiger charge is -2.23. The number of rotatable bonds is 4. The van der Waals surface area contributed by atoms with Crippen LogP contribution in [0.4, 0.5) is 5.13 Å². The molecule has 4 rings (SSSR count). The summed E-state index contributed by atoms with van der Waals surface area (Å²) in [6, 6.07) is 8.33. The van der Waals surface area contributed by atoms with Crippen LogP contribution in [0.5, 0.6) is 0 Å². The molecule has 0 radical (unpaired) electrons. The number of carbonyl (C=O) groups excluding carboxylic acids is 2. The Hall–Kier alpha value is -2.22. The van der Waals surface area contributed by atoms with Crippen LogP contribution in [-0.2, 0) is 9.59 Å². The van der Waals surface area contributed by atoms with Crippen molar-refractivity contribution >= 4 is 61.3 Å². The Morgan fingerprint density at radius 3 is 2.78 bits per heavy atom. The average molecular weight is 419 g/mol. The minimum Gasteiger partial charge on any atom is -0.503 e. The molecule has 2 aromatic heterocycles. The van der Waals surface area contributed by atoms with Crippen molar-refractivity contribution in [3.05, 3.63) is 56.9 Å². The number of thiazole rings is 1. The molecule has 0 saturated heterocycles. The van der Waals surface area contributed by atoms with Crippen LogP contribution < -0.4 is 4.90 Å². The Labute approximate surface area is 168 Å². The molecule has 27 heavy (non-hydrogen) atoms. The summed E-state index contributed by atoms with van der Waals surface area (Å²) in [5, 5.41) is 13.4. The lowest BCUT2D eigenvalue weighted by atomic mass is 9.95. The molecule has 1 aliphatic rings. The van der Waals surface area contributed by atoms with Gasteiger partial charge in [0.1, 0.15) is 6.04 Å².